The van der Waals surface area contributed by atoms with Crippen LogP contribution in [-0.4, -0.2) is 8.32 Å². The summed E-state index contributed by atoms with van der Waals surface area (Å²) in [5, 5.41) is 3.91. The van der Waals surface area contributed by atoms with Crippen molar-refractivity contribution in [1.82, 2.24) is 0 Å². The molecule has 0 aliphatic rings. The molecule has 0 bridgehead atoms. The van der Waals surface area contributed by atoms with Crippen molar-refractivity contribution in [2.24, 2.45) is 0 Å². The van der Waals surface area contributed by atoms with Crippen LogP contribution in [0.5, 0.6) is 0 Å². The molecule has 1 nitrogen and oxygen atoms in total. The molecule has 0 aliphatic heterocycles. The van der Waals surface area contributed by atoms with Crippen LogP contribution in [0.25, 0.3) is 0 Å². The topological polar surface area (TPSA) is 9.23 Å². The zero-order valence-electron chi connectivity index (χ0n) is 17.0. The minimum Gasteiger partial charge on any atom is -0.400 e. The Hall–Kier alpha value is -2.94. The predicted octanol–water partition coefficient (Wildman–Crippen LogP) is 4.49. The first-order valence-electron chi connectivity index (χ1n) is 10.1. The van der Waals surface area contributed by atoms with Crippen LogP contribution in [0.3, 0.4) is 0 Å². The fourth-order valence-electron chi connectivity index (χ4n) is 4.07. The Kier molecular flexibility index (Phi) is 5.75. The Labute approximate surface area is 174 Å². The normalized spacial score (nSPS) is 11.4. The molecule has 2 heteroatoms. The molecule has 0 N–H and O–H groups in total. The van der Waals surface area contributed by atoms with Gasteiger partial charge >= 0.3 is 0 Å². The monoisotopic (exact) mass is 394 g/mol. The van der Waals surface area contributed by atoms with E-state index in [0.29, 0.717) is 6.61 Å². The Morgan fingerprint density at radius 2 is 1.00 bits per heavy atom. The second-order valence-corrected chi connectivity index (χ2v) is 10.8. The van der Waals surface area contributed by atoms with Gasteiger partial charge in [-0.25, -0.2) is 0 Å². The smallest absolute Gasteiger partial charge is 0.289 e. The van der Waals surface area contributed by atoms with Gasteiger partial charge in [-0.05, 0) is 46.1 Å². The van der Waals surface area contributed by atoms with Gasteiger partial charge in [0.1, 0.15) is 0 Å². The number of hydrogen-bond donors (Lipinski definition) is 0. The van der Waals surface area contributed by atoms with Crippen LogP contribution >= 0.6 is 0 Å². The first-order valence-corrected chi connectivity index (χ1v) is 12.0. The summed E-state index contributed by atoms with van der Waals surface area (Å²) in [5.41, 5.74) is 3.75. The highest BCUT2D eigenvalue weighted by Crippen LogP contribution is 2.16. The van der Waals surface area contributed by atoms with Crippen LogP contribution in [0.1, 0.15) is 16.7 Å². The summed E-state index contributed by atoms with van der Waals surface area (Å²) in [4.78, 5) is 0. The molecule has 0 fully saturated rings. The summed E-state index contributed by atoms with van der Waals surface area (Å²) in [6.45, 7) is 4.99. The van der Waals surface area contributed by atoms with Crippen molar-refractivity contribution in [1.29, 1.82) is 0 Å². The van der Waals surface area contributed by atoms with Crippen molar-refractivity contribution < 1.29 is 4.43 Å². The van der Waals surface area contributed by atoms with Crippen LogP contribution < -0.4 is 15.6 Å². The van der Waals surface area contributed by atoms with E-state index >= 15 is 0 Å². The molecular weight excluding hydrogens is 368 g/mol. The summed E-state index contributed by atoms with van der Waals surface area (Å²) in [5.74, 6) is 0. The molecule has 4 aromatic rings. The van der Waals surface area contributed by atoms with Crippen LogP contribution in [0.4, 0.5) is 0 Å². The fourth-order valence-corrected chi connectivity index (χ4v) is 8.44. The Morgan fingerprint density at radius 3 is 1.52 bits per heavy atom. The van der Waals surface area contributed by atoms with Gasteiger partial charge in [0.2, 0.25) is 0 Å². The summed E-state index contributed by atoms with van der Waals surface area (Å²) in [7, 11) is -2.70. The minimum absolute atomic E-state index is 0.588. The summed E-state index contributed by atoms with van der Waals surface area (Å²) in [6, 6.07) is 38.7. The maximum absolute atomic E-state index is 7.07. The Morgan fingerprint density at radius 1 is 0.552 bits per heavy atom. The molecule has 0 aliphatic carbocycles. The van der Waals surface area contributed by atoms with Gasteiger partial charge in [0.25, 0.3) is 8.32 Å². The van der Waals surface area contributed by atoms with Gasteiger partial charge in [-0.1, -0.05) is 109 Å². The minimum atomic E-state index is -2.70. The van der Waals surface area contributed by atoms with Gasteiger partial charge in [0.05, 0.1) is 6.61 Å². The molecule has 0 saturated heterocycles. The highest BCUT2D eigenvalue weighted by Gasteiger charge is 2.43. The van der Waals surface area contributed by atoms with Gasteiger partial charge in [-0.15, -0.1) is 0 Å². The number of aryl methyl sites for hydroxylation is 2. The van der Waals surface area contributed by atoms with E-state index in [-0.39, 0.29) is 0 Å². The van der Waals surface area contributed by atoms with E-state index in [4.69, 9.17) is 4.43 Å². The fraction of sp³-hybridized carbons (Fsp3) is 0.111. The third-order valence-electron chi connectivity index (χ3n) is 5.53. The number of rotatable bonds is 6. The van der Waals surface area contributed by atoms with Crippen LogP contribution in [0.2, 0.25) is 0 Å². The standard InChI is InChI=1S/C27H26OSi/c1-22-13-9-11-19-26(22)29(25-17-7-4-8-18-25,27-20-12-10-14-23(27)2)28-21-24-15-5-3-6-16-24/h3-20H,21H2,1-2H3. The van der Waals surface area contributed by atoms with Gasteiger partial charge in [0.15, 0.2) is 0 Å². The average molecular weight is 395 g/mol. The van der Waals surface area contributed by atoms with E-state index in [9.17, 15) is 0 Å². The van der Waals surface area contributed by atoms with E-state index < -0.39 is 8.32 Å². The SMILES string of the molecule is Cc1ccccc1[Si](OCc1ccccc1)(c1ccccc1)c1ccccc1C. The lowest BCUT2D eigenvalue weighted by Crippen LogP contribution is -2.70. The Bertz CT molecular complexity index is 1030. The van der Waals surface area contributed by atoms with Gasteiger partial charge in [-0.3, -0.25) is 0 Å². The van der Waals surface area contributed by atoms with Crippen molar-refractivity contribution in [3.63, 3.8) is 0 Å². The molecule has 0 radical (unpaired) electrons. The van der Waals surface area contributed by atoms with Crippen molar-refractivity contribution in [2.45, 2.75) is 20.5 Å². The first-order chi connectivity index (χ1) is 14.2. The quantitative estimate of drug-likeness (QED) is 0.346. The van der Waals surface area contributed by atoms with Gasteiger partial charge in [-0.2, -0.15) is 0 Å². The molecule has 144 valence electrons. The molecule has 0 atom stereocenters. The van der Waals surface area contributed by atoms with Crippen LogP contribution in [0, 0.1) is 13.8 Å². The average Bonchev–Trinajstić information content (AvgIpc) is 2.77. The van der Waals surface area contributed by atoms with Crippen molar-refractivity contribution in [3.8, 4) is 0 Å². The molecule has 29 heavy (non-hydrogen) atoms. The van der Waals surface area contributed by atoms with Crippen LogP contribution in [0.15, 0.2) is 109 Å². The third kappa shape index (κ3) is 3.82. The summed E-state index contributed by atoms with van der Waals surface area (Å²) in [6.07, 6.45) is 0. The van der Waals surface area contributed by atoms with Gasteiger partial charge in [0, 0.05) is 0 Å². The zero-order valence-corrected chi connectivity index (χ0v) is 18.0. The maximum Gasteiger partial charge on any atom is 0.289 e. The Balaban J connectivity index is 1.97. The highest BCUT2D eigenvalue weighted by molar-refractivity contribution is 7.07. The zero-order chi connectivity index (χ0) is 20.1. The van der Waals surface area contributed by atoms with E-state index in [1.807, 2.05) is 6.07 Å². The summed E-state index contributed by atoms with van der Waals surface area (Å²) >= 11 is 0. The molecule has 0 heterocycles. The second-order valence-electron chi connectivity index (χ2n) is 7.45. The molecule has 0 amide bonds. The maximum atomic E-state index is 7.07. The van der Waals surface area contributed by atoms with Crippen molar-refractivity contribution in [3.05, 3.63) is 126 Å². The molecule has 4 rings (SSSR count). The van der Waals surface area contributed by atoms with E-state index in [1.54, 1.807) is 0 Å². The highest BCUT2D eigenvalue weighted by atomic mass is 28.4. The van der Waals surface area contributed by atoms with E-state index in [1.165, 1.54) is 32.3 Å². The van der Waals surface area contributed by atoms with E-state index in [0.717, 1.165) is 0 Å². The molecule has 0 aromatic heterocycles. The lowest BCUT2D eigenvalue weighted by atomic mass is 10.2. The molecular formula is C27H26OSi. The molecule has 4 aromatic carbocycles. The van der Waals surface area contributed by atoms with Crippen molar-refractivity contribution in [2.75, 3.05) is 0 Å². The molecule has 0 saturated carbocycles. The van der Waals surface area contributed by atoms with E-state index in [2.05, 4.69) is 117 Å². The number of hydrogen-bond acceptors (Lipinski definition) is 1. The molecule has 0 spiro atoms. The van der Waals surface area contributed by atoms with Gasteiger partial charge < -0.3 is 4.43 Å². The lowest BCUT2D eigenvalue weighted by molar-refractivity contribution is 0.311. The largest absolute Gasteiger partial charge is 0.400 e. The van der Waals surface area contributed by atoms with Crippen molar-refractivity contribution >= 4 is 23.9 Å². The lowest BCUT2D eigenvalue weighted by Gasteiger charge is -2.35. The second kappa shape index (κ2) is 8.60. The van der Waals surface area contributed by atoms with Crippen LogP contribution in [-0.2, 0) is 11.0 Å². The first kappa shape index (κ1) is 19.4. The third-order valence-corrected chi connectivity index (χ3v) is 9.89. The summed E-state index contributed by atoms with van der Waals surface area (Å²) < 4.78 is 7.07. The number of benzene rings is 4. The molecule has 0 unspecified atom stereocenters. The predicted molar refractivity (Wildman–Crippen MR) is 125 cm³/mol.